The average molecular weight is 504 g/mol. The van der Waals surface area contributed by atoms with E-state index in [1.165, 1.54) is 11.3 Å². The van der Waals surface area contributed by atoms with Crippen molar-refractivity contribution in [1.82, 2.24) is 15.1 Å². The number of benzene rings is 2. The van der Waals surface area contributed by atoms with E-state index in [4.69, 9.17) is 9.47 Å². The number of amides is 2. The maximum absolute atomic E-state index is 13.2. The lowest BCUT2D eigenvalue weighted by molar-refractivity contribution is -0.124. The highest BCUT2D eigenvalue weighted by Crippen LogP contribution is 2.30. The van der Waals surface area contributed by atoms with Gasteiger partial charge in [0, 0.05) is 31.1 Å². The van der Waals surface area contributed by atoms with Gasteiger partial charge in [0.05, 0.1) is 30.9 Å². The number of thiophene rings is 1. The second-order valence-corrected chi connectivity index (χ2v) is 10.6. The molecule has 0 unspecified atom stereocenters. The third-order valence-corrected chi connectivity index (χ3v) is 7.64. The minimum Gasteiger partial charge on any atom is -0.457 e. The molecule has 3 aromatic rings. The predicted octanol–water partition coefficient (Wildman–Crippen LogP) is 4.04. The Morgan fingerprint density at radius 2 is 1.75 bits per heavy atom. The number of carbonyl (C=O) groups excluding carboxylic acids is 2. The van der Waals surface area contributed by atoms with E-state index >= 15 is 0 Å². The van der Waals surface area contributed by atoms with Crippen LogP contribution in [0.25, 0.3) is 0 Å². The fourth-order valence-corrected chi connectivity index (χ4v) is 5.62. The molecule has 2 atom stereocenters. The van der Waals surface area contributed by atoms with Crippen LogP contribution in [0.3, 0.4) is 0 Å². The van der Waals surface area contributed by atoms with Gasteiger partial charge in [-0.15, -0.1) is 0 Å². The molecule has 36 heavy (non-hydrogen) atoms. The van der Waals surface area contributed by atoms with E-state index in [9.17, 15) is 9.59 Å². The highest BCUT2D eigenvalue weighted by Gasteiger charge is 2.38. The number of fused-ring (bicyclic) bond motifs is 5. The number of hydrogen-bond acceptors (Lipinski definition) is 6. The summed E-state index contributed by atoms with van der Waals surface area (Å²) >= 11 is 1.50. The van der Waals surface area contributed by atoms with Crippen molar-refractivity contribution in [3.63, 3.8) is 0 Å². The monoisotopic (exact) mass is 503 g/mol. The summed E-state index contributed by atoms with van der Waals surface area (Å²) in [6, 6.07) is 17.9. The van der Waals surface area contributed by atoms with Gasteiger partial charge >= 0.3 is 0 Å². The zero-order valence-corrected chi connectivity index (χ0v) is 20.8. The normalized spacial score (nSPS) is 23.0. The van der Waals surface area contributed by atoms with Gasteiger partial charge in [0.2, 0.25) is 5.91 Å². The number of carbonyl (C=O) groups is 2. The number of likely N-dealkylation sites (tertiary alicyclic amines) is 1. The molecule has 1 aromatic heterocycles. The Morgan fingerprint density at radius 3 is 2.50 bits per heavy atom. The van der Waals surface area contributed by atoms with E-state index in [1.807, 2.05) is 59.3 Å². The van der Waals surface area contributed by atoms with Gasteiger partial charge in [-0.2, -0.15) is 11.3 Å². The Kier molecular flexibility index (Phi) is 6.48. The van der Waals surface area contributed by atoms with Crippen LogP contribution in [-0.2, 0) is 22.7 Å². The molecule has 0 radical (unpaired) electrons. The lowest BCUT2D eigenvalue weighted by Gasteiger charge is -2.25. The molecule has 2 aliphatic heterocycles. The lowest BCUT2D eigenvalue weighted by atomic mass is 10.1. The van der Waals surface area contributed by atoms with Crippen LogP contribution in [0.1, 0.15) is 34.3 Å². The van der Waals surface area contributed by atoms with Crippen molar-refractivity contribution in [2.45, 2.75) is 44.2 Å². The van der Waals surface area contributed by atoms with Crippen molar-refractivity contribution < 1.29 is 19.1 Å². The summed E-state index contributed by atoms with van der Waals surface area (Å²) in [4.78, 5) is 30.3. The van der Waals surface area contributed by atoms with Crippen LogP contribution in [0.2, 0.25) is 0 Å². The molecule has 1 N–H and O–H groups in total. The number of nitrogens with zero attached hydrogens (tertiary/aromatic N) is 2. The molecule has 6 rings (SSSR count). The number of nitrogens with one attached hydrogen (secondary N) is 1. The standard InChI is InChI=1S/C28H29N3O4S/c32-27-16-30(22-7-8-22)13-19-3-1-5-23(11-19)35-24-6-2-4-20(12-24)17-34-26-15-31(14-25(26)29-27)28(33)21-9-10-36-18-21/h1-6,9-12,18,22,25-26H,7-8,13-17H2,(H,29,32)/t25-,26-/m0/s1. The first kappa shape index (κ1) is 23.2. The molecule has 0 spiro atoms. The maximum atomic E-state index is 13.2. The van der Waals surface area contributed by atoms with Gasteiger partial charge in [-0.05, 0) is 59.7 Å². The van der Waals surface area contributed by atoms with Crippen molar-refractivity contribution in [2.24, 2.45) is 0 Å². The Labute approximate surface area is 214 Å². The molecule has 2 aromatic carbocycles. The first-order valence-electron chi connectivity index (χ1n) is 12.4. The average Bonchev–Trinajstić information content (AvgIpc) is 3.42. The molecule has 1 saturated heterocycles. The summed E-state index contributed by atoms with van der Waals surface area (Å²) in [7, 11) is 0. The van der Waals surface area contributed by atoms with Crippen molar-refractivity contribution in [3.05, 3.63) is 82.0 Å². The Balaban J connectivity index is 1.27. The second-order valence-electron chi connectivity index (χ2n) is 9.78. The highest BCUT2D eigenvalue weighted by molar-refractivity contribution is 7.08. The Morgan fingerprint density at radius 1 is 0.972 bits per heavy atom. The van der Waals surface area contributed by atoms with Gasteiger partial charge < -0.3 is 19.7 Å². The summed E-state index contributed by atoms with van der Waals surface area (Å²) in [5.41, 5.74) is 2.77. The molecule has 2 amide bonds. The molecule has 7 nitrogen and oxygen atoms in total. The molecule has 1 saturated carbocycles. The van der Waals surface area contributed by atoms with Crippen LogP contribution in [0.15, 0.2) is 65.4 Å². The third kappa shape index (κ3) is 5.31. The van der Waals surface area contributed by atoms with E-state index in [0.29, 0.717) is 44.4 Å². The molecular weight excluding hydrogens is 474 g/mol. The van der Waals surface area contributed by atoms with E-state index in [2.05, 4.69) is 16.3 Å². The van der Waals surface area contributed by atoms with E-state index in [-0.39, 0.29) is 24.0 Å². The van der Waals surface area contributed by atoms with Crippen LogP contribution in [0.4, 0.5) is 0 Å². The van der Waals surface area contributed by atoms with Gasteiger partial charge in [-0.3, -0.25) is 14.5 Å². The first-order valence-corrected chi connectivity index (χ1v) is 13.4. The minimum absolute atomic E-state index is 0.0261. The molecular formula is C28H29N3O4S. The second kappa shape index (κ2) is 10.0. The number of rotatable bonds is 2. The van der Waals surface area contributed by atoms with E-state index < -0.39 is 0 Å². The zero-order chi connectivity index (χ0) is 24.5. The van der Waals surface area contributed by atoms with Crippen LogP contribution in [0.5, 0.6) is 11.5 Å². The van der Waals surface area contributed by atoms with Crippen LogP contribution in [0, 0.1) is 0 Å². The van der Waals surface area contributed by atoms with E-state index in [1.54, 1.807) is 4.90 Å². The summed E-state index contributed by atoms with van der Waals surface area (Å²) < 4.78 is 12.5. The fourth-order valence-electron chi connectivity index (χ4n) is 4.99. The molecule has 1 aliphatic carbocycles. The Bertz CT molecular complexity index is 1240. The molecule has 3 aliphatic rings. The topological polar surface area (TPSA) is 71.1 Å². The van der Waals surface area contributed by atoms with Crippen molar-refractivity contribution in [2.75, 3.05) is 19.6 Å². The number of hydrogen-bond donors (Lipinski definition) is 1. The lowest BCUT2D eigenvalue weighted by Crippen LogP contribution is -2.48. The van der Waals surface area contributed by atoms with Crippen molar-refractivity contribution in [1.29, 1.82) is 0 Å². The van der Waals surface area contributed by atoms with Gasteiger partial charge in [0.1, 0.15) is 11.5 Å². The summed E-state index contributed by atoms with van der Waals surface area (Å²) in [5.74, 6) is 1.47. The summed E-state index contributed by atoms with van der Waals surface area (Å²) in [6.07, 6.45) is 1.92. The summed E-state index contributed by atoms with van der Waals surface area (Å²) in [5, 5.41) is 6.96. The van der Waals surface area contributed by atoms with Gasteiger partial charge in [-0.1, -0.05) is 24.3 Å². The quantitative estimate of drug-likeness (QED) is 0.572. The van der Waals surface area contributed by atoms with Crippen molar-refractivity contribution >= 4 is 23.2 Å². The zero-order valence-electron chi connectivity index (χ0n) is 20.0. The van der Waals surface area contributed by atoms with Gasteiger partial charge in [0.15, 0.2) is 0 Å². The third-order valence-electron chi connectivity index (χ3n) is 6.96. The molecule has 3 heterocycles. The number of ether oxygens (including phenoxy) is 2. The van der Waals surface area contributed by atoms with Crippen LogP contribution in [-0.4, -0.2) is 59.4 Å². The smallest absolute Gasteiger partial charge is 0.254 e. The van der Waals surface area contributed by atoms with Gasteiger partial charge in [-0.25, -0.2) is 0 Å². The van der Waals surface area contributed by atoms with E-state index in [0.717, 1.165) is 35.5 Å². The van der Waals surface area contributed by atoms with Crippen LogP contribution < -0.4 is 10.1 Å². The largest absolute Gasteiger partial charge is 0.457 e. The Hall–Kier alpha value is -3.20. The first-order chi connectivity index (χ1) is 17.6. The van der Waals surface area contributed by atoms with Crippen LogP contribution >= 0.6 is 11.3 Å². The fraction of sp³-hybridized carbons (Fsp3) is 0.357. The minimum atomic E-state index is -0.295. The van der Waals surface area contributed by atoms with Crippen molar-refractivity contribution in [3.8, 4) is 11.5 Å². The highest BCUT2D eigenvalue weighted by atomic mass is 32.1. The molecule has 186 valence electrons. The molecule has 2 fully saturated rings. The molecule has 4 bridgehead atoms. The molecule has 8 heteroatoms. The predicted molar refractivity (Wildman–Crippen MR) is 137 cm³/mol. The SMILES string of the molecule is O=C1CN(C2CC2)Cc2cccc(c2)Oc2cccc(c2)CO[C@H]2CN(C(=O)c3ccsc3)C[C@@H]2N1. The summed E-state index contributed by atoms with van der Waals surface area (Å²) in [6.45, 7) is 2.23. The van der Waals surface area contributed by atoms with Gasteiger partial charge in [0.25, 0.3) is 5.91 Å². The maximum Gasteiger partial charge on any atom is 0.254 e.